The molecular formula is C20H20ClNO5. The molecule has 3 rings (SSSR count). The van der Waals surface area contributed by atoms with Crippen LogP contribution in [0.15, 0.2) is 48.5 Å². The topological polar surface area (TPSA) is 73.9 Å². The summed E-state index contributed by atoms with van der Waals surface area (Å²) in [5, 5.41) is 3.00. The van der Waals surface area contributed by atoms with E-state index in [1.807, 2.05) is 0 Å². The standard InChI is InChI=1S/C20H20ClNO5/c21-17-5-1-2-6-18(17)22-19(23)13-27-20(24)14-7-9-15(10-8-14)26-12-16-4-3-11-25-16/h1-2,5-10,16H,3-4,11-13H2,(H,22,23)/t16-/m1/s1. The first-order valence-corrected chi connectivity index (χ1v) is 9.05. The molecule has 7 heteroatoms. The molecule has 6 nitrogen and oxygen atoms in total. The molecule has 2 aromatic rings. The molecule has 0 bridgehead atoms. The third-order valence-electron chi connectivity index (χ3n) is 4.03. The summed E-state index contributed by atoms with van der Waals surface area (Å²) >= 11 is 5.97. The number of para-hydroxylation sites is 1. The molecule has 0 unspecified atom stereocenters. The smallest absolute Gasteiger partial charge is 0.338 e. The summed E-state index contributed by atoms with van der Waals surface area (Å²) in [7, 11) is 0. The number of hydrogen-bond acceptors (Lipinski definition) is 5. The Morgan fingerprint density at radius 1 is 1.15 bits per heavy atom. The summed E-state index contributed by atoms with van der Waals surface area (Å²) < 4.78 is 16.2. The molecule has 0 saturated carbocycles. The van der Waals surface area contributed by atoms with Crippen molar-refractivity contribution in [3.05, 3.63) is 59.1 Å². The van der Waals surface area contributed by atoms with Gasteiger partial charge in [0.05, 0.1) is 22.4 Å². The van der Waals surface area contributed by atoms with Gasteiger partial charge in [-0.05, 0) is 49.2 Å². The Bertz CT molecular complexity index is 787. The maximum atomic E-state index is 12.1. The molecule has 142 valence electrons. The van der Waals surface area contributed by atoms with Crippen molar-refractivity contribution in [3.63, 3.8) is 0 Å². The van der Waals surface area contributed by atoms with E-state index in [1.165, 1.54) is 0 Å². The summed E-state index contributed by atoms with van der Waals surface area (Å²) in [5.74, 6) is -0.401. The Kier molecular flexibility index (Phi) is 6.68. The van der Waals surface area contributed by atoms with Crippen LogP contribution >= 0.6 is 11.6 Å². The first kappa shape index (κ1) is 19.2. The lowest BCUT2D eigenvalue weighted by atomic mass is 10.2. The van der Waals surface area contributed by atoms with Crippen molar-refractivity contribution in [2.24, 2.45) is 0 Å². The van der Waals surface area contributed by atoms with Crippen molar-refractivity contribution in [2.45, 2.75) is 18.9 Å². The summed E-state index contributed by atoms with van der Waals surface area (Å²) in [6.45, 7) is 0.871. The third-order valence-corrected chi connectivity index (χ3v) is 4.36. The molecule has 0 spiro atoms. The quantitative estimate of drug-likeness (QED) is 0.731. The van der Waals surface area contributed by atoms with Crippen LogP contribution in [0.1, 0.15) is 23.2 Å². The van der Waals surface area contributed by atoms with Crippen LogP contribution in [0.25, 0.3) is 0 Å². The van der Waals surface area contributed by atoms with Crippen LogP contribution in [0.5, 0.6) is 5.75 Å². The van der Waals surface area contributed by atoms with Gasteiger partial charge >= 0.3 is 5.97 Å². The van der Waals surface area contributed by atoms with Gasteiger partial charge in [-0.2, -0.15) is 0 Å². The Morgan fingerprint density at radius 2 is 1.93 bits per heavy atom. The van der Waals surface area contributed by atoms with Crippen molar-refractivity contribution >= 4 is 29.2 Å². The van der Waals surface area contributed by atoms with Crippen molar-refractivity contribution in [3.8, 4) is 5.75 Å². The zero-order valence-electron chi connectivity index (χ0n) is 14.7. The normalized spacial score (nSPS) is 16.0. The van der Waals surface area contributed by atoms with E-state index in [4.69, 9.17) is 25.8 Å². The van der Waals surface area contributed by atoms with E-state index < -0.39 is 18.5 Å². The lowest BCUT2D eigenvalue weighted by Crippen LogP contribution is -2.21. The second-order valence-electron chi connectivity index (χ2n) is 6.07. The highest BCUT2D eigenvalue weighted by atomic mass is 35.5. The Morgan fingerprint density at radius 3 is 2.63 bits per heavy atom. The highest BCUT2D eigenvalue weighted by Crippen LogP contribution is 2.20. The minimum absolute atomic E-state index is 0.131. The fraction of sp³-hybridized carbons (Fsp3) is 0.300. The first-order valence-electron chi connectivity index (χ1n) is 8.68. The van der Waals surface area contributed by atoms with Crippen LogP contribution in [0.4, 0.5) is 5.69 Å². The van der Waals surface area contributed by atoms with Crippen LogP contribution in [0.3, 0.4) is 0 Å². The number of hydrogen-bond donors (Lipinski definition) is 1. The number of benzene rings is 2. The maximum absolute atomic E-state index is 12.1. The van der Waals surface area contributed by atoms with Crippen molar-refractivity contribution < 1.29 is 23.8 Å². The molecule has 1 amide bonds. The number of amides is 1. The van der Waals surface area contributed by atoms with E-state index in [0.29, 0.717) is 28.6 Å². The molecule has 2 aromatic carbocycles. The molecule has 0 radical (unpaired) electrons. The van der Waals surface area contributed by atoms with Crippen LogP contribution in [-0.2, 0) is 14.3 Å². The highest BCUT2D eigenvalue weighted by molar-refractivity contribution is 6.33. The van der Waals surface area contributed by atoms with E-state index in [1.54, 1.807) is 48.5 Å². The van der Waals surface area contributed by atoms with Gasteiger partial charge in [-0.15, -0.1) is 0 Å². The van der Waals surface area contributed by atoms with Gasteiger partial charge in [0.15, 0.2) is 6.61 Å². The van der Waals surface area contributed by atoms with Crippen molar-refractivity contribution in [1.82, 2.24) is 0 Å². The van der Waals surface area contributed by atoms with Crippen LogP contribution < -0.4 is 10.1 Å². The number of esters is 1. The lowest BCUT2D eigenvalue weighted by Gasteiger charge is -2.11. The summed E-state index contributed by atoms with van der Waals surface area (Å²) in [6, 6.07) is 13.4. The number of carbonyl (C=O) groups is 2. The molecule has 1 atom stereocenters. The monoisotopic (exact) mass is 389 g/mol. The number of carbonyl (C=O) groups excluding carboxylic acids is 2. The third kappa shape index (κ3) is 5.70. The van der Waals surface area contributed by atoms with Gasteiger partial charge in [0, 0.05) is 6.61 Å². The predicted molar refractivity (Wildman–Crippen MR) is 101 cm³/mol. The molecule has 1 aliphatic heterocycles. The minimum Gasteiger partial charge on any atom is -0.491 e. The van der Waals surface area contributed by atoms with E-state index in [0.717, 1.165) is 19.4 Å². The first-order chi connectivity index (χ1) is 13.1. The Hall–Kier alpha value is -2.57. The number of nitrogens with one attached hydrogen (secondary N) is 1. The van der Waals surface area contributed by atoms with Crippen molar-refractivity contribution in [2.75, 3.05) is 25.1 Å². The van der Waals surface area contributed by atoms with Gasteiger partial charge in [0.25, 0.3) is 5.91 Å². The van der Waals surface area contributed by atoms with Gasteiger partial charge in [0.1, 0.15) is 12.4 Å². The predicted octanol–water partition coefficient (Wildman–Crippen LogP) is 3.69. The average Bonchev–Trinajstić information content (AvgIpc) is 3.20. The fourth-order valence-corrected chi connectivity index (χ4v) is 2.80. The van der Waals surface area contributed by atoms with Gasteiger partial charge in [-0.3, -0.25) is 4.79 Å². The number of rotatable bonds is 7. The minimum atomic E-state index is -0.588. The zero-order valence-corrected chi connectivity index (χ0v) is 15.4. The summed E-state index contributed by atoms with van der Waals surface area (Å²) in [5.41, 5.74) is 0.804. The molecule has 1 saturated heterocycles. The number of ether oxygens (including phenoxy) is 3. The summed E-state index contributed by atoms with van der Waals surface area (Å²) in [4.78, 5) is 23.9. The molecule has 0 aliphatic carbocycles. The molecule has 0 aromatic heterocycles. The Balaban J connectivity index is 1.44. The lowest BCUT2D eigenvalue weighted by molar-refractivity contribution is -0.119. The van der Waals surface area contributed by atoms with Crippen molar-refractivity contribution in [1.29, 1.82) is 0 Å². The Labute approximate surface area is 162 Å². The average molecular weight is 390 g/mol. The van der Waals surface area contributed by atoms with E-state index in [-0.39, 0.29) is 6.10 Å². The summed E-state index contributed by atoms with van der Waals surface area (Å²) in [6.07, 6.45) is 2.19. The fourth-order valence-electron chi connectivity index (χ4n) is 2.62. The van der Waals surface area contributed by atoms with E-state index in [2.05, 4.69) is 5.32 Å². The van der Waals surface area contributed by atoms with Gasteiger partial charge in [-0.25, -0.2) is 4.79 Å². The molecule has 1 fully saturated rings. The second kappa shape index (κ2) is 9.39. The molecule has 1 aliphatic rings. The van der Waals surface area contributed by atoms with Crippen LogP contribution in [0, 0.1) is 0 Å². The van der Waals surface area contributed by atoms with Gasteiger partial charge in [0.2, 0.25) is 0 Å². The molecular weight excluding hydrogens is 370 g/mol. The van der Waals surface area contributed by atoms with Crippen LogP contribution in [-0.4, -0.2) is 37.8 Å². The molecule has 1 N–H and O–H groups in total. The van der Waals surface area contributed by atoms with Gasteiger partial charge in [-0.1, -0.05) is 23.7 Å². The molecule has 27 heavy (non-hydrogen) atoms. The highest BCUT2D eigenvalue weighted by Gasteiger charge is 2.16. The maximum Gasteiger partial charge on any atom is 0.338 e. The zero-order chi connectivity index (χ0) is 19.1. The SMILES string of the molecule is O=C(COC(=O)c1ccc(OC[C@H]2CCCO2)cc1)Nc1ccccc1Cl. The second-order valence-corrected chi connectivity index (χ2v) is 6.48. The number of halogens is 1. The molecule has 1 heterocycles. The van der Waals surface area contributed by atoms with E-state index >= 15 is 0 Å². The largest absolute Gasteiger partial charge is 0.491 e. The van der Waals surface area contributed by atoms with Crippen LogP contribution in [0.2, 0.25) is 5.02 Å². The van der Waals surface area contributed by atoms with E-state index in [9.17, 15) is 9.59 Å². The van der Waals surface area contributed by atoms with Gasteiger partial charge < -0.3 is 19.5 Å². The number of anilines is 1.